The van der Waals surface area contributed by atoms with Gasteiger partial charge in [-0.3, -0.25) is 4.79 Å². The topological polar surface area (TPSA) is 64.1 Å². The number of halogens is 1. The monoisotopic (exact) mass is 343 g/mol. The lowest BCUT2D eigenvalue weighted by Gasteiger charge is -2.01. The Morgan fingerprint density at radius 2 is 1.83 bits per heavy atom. The van der Waals surface area contributed by atoms with Crippen LogP contribution < -0.4 is 10.1 Å². The van der Waals surface area contributed by atoms with Crippen molar-refractivity contribution in [1.82, 2.24) is 10.2 Å². The number of amides is 1. The molecule has 0 aliphatic heterocycles. The van der Waals surface area contributed by atoms with E-state index in [9.17, 15) is 9.18 Å². The molecule has 1 aromatic heterocycles. The first-order chi connectivity index (χ1) is 11.6. The van der Waals surface area contributed by atoms with Gasteiger partial charge < -0.3 is 10.1 Å². The molecule has 3 aromatic rings. The molecule has 2 aromatic carbocycles. The van der Waals surface area contributed by atoms with Gasteiger partial charge >= 0.3 is 0 Å². The Morgan fingerprint density at radius 3 is 2.50 bits per heavy atom. The van der Waals surface area contributed by atoms with E-state index in [2.05, 4.69) is 15.5 Å². The number of nitrogens with one attached hydrogen (secondary N) is 1. The van der Waals surface area contributed by atoms with Crippen molar-refractivity contribution in [3.63, 3.8) is 0 Å². The van der Waals surface area contributed by atoms with E-state index in [1.54, 1.807) is 19.2 Å². The number of aromatic nitrogens is 2. The number of hydrogen-bond donors (Lipinski definition) is 1. The van der Waals surface area contributed by atoms with E-state index in [1.807, 2.05) is 24.3 Å². The molecule has 1 heterocycles. The quantitative estimate of drug-likeness (QED) is 0.770. The molecule has 0 aliphatic carbocycles. The average molecular weight is 343 g/mol. The maximum absolute atomic E-state index is 12.9. The molecule has 0 saturated carbocycles. The van der Waals surface area contributed by atoms with Crippen LogP contribution in [0.3, 0.4) is 0 Å². The minimum absolute atomic E-state index is 0.151. The molecule has 122 valence electrons. The zero-order valence-corrected chi connectivity index (χ0v) is 13.6. The van der Waals surface area contributed by atoms with Gasteiger partial charge in [-0.1, -0.05) is 23.5 Å². The van der Waals surface area contributed by atoms with Gasteiger partial charge in [0.15, 0.2) is 0 Å². The zero-order valence-electron chi connectivity index (χ0n) is 12.8. The number of carbonyl (C=O) groups excluding carboxylic acids is 1. The van der Waals surface area contributed by atoms with Crippen LogP contribution in [0.4, 0.5) is 9.52 Å². The third-order valence-electron chi connectivity index (χ3n) is 3.29. The summed E-state index contributed by atoms with van der Waals surface area (Å²) in [5.41, 5.74) is 1.63. The molecule has 0 saturated heterocycles. The Labute approximate surface area is 142 Å². The van der Waals surface area contributed by atoms with Gasteiger partial charge in [-0.2, -0.15) is 0 Å². The molecular weight excluding hydrogens is 329 g/mol. The lowest BCUT2D eigenvalue weighted by atomic mass is 10.1. The lowest BCUT2D eigenvalue weighted by Crippen LogP contribution is -2.14. The van der Waals surface area contributed by atoms with Gasteiger partial charge in [0.05, 0.1) is 13.5 Å². The third kappa shape index (κ3) is 3.94. The molecule has 24 heavy (non-hydrogen) atoms. The van der Waals surface area contributed by atoms with Crippen LogP contribution in [0, 0.1) is 5.82 Å². The molecule has 0 fully saturated rings. The van der Waals surface area contributed by atoms with Crippen LogP contribution in [0.15, 0.2) is 48.5 Å². The van der Waals surface area contributed by atoms with Crippen LogP contribution >= 0.6 is 11.3 Å². The first-order valence-electron chi connectivity index (χ1n) is 7.16. The number of nitrogens with zero attached hydrogens (tertiary/aromatic N) is 2. The Morgan fingerprint density at radius 1 is 1.12 bits per heavy atom. The Bertz CT molecular complexity index is 832. The fraction of sp³-hybridized carbons (Fsp3) is 0.118. The van der Waals surface area contributed by atoms with Crippen molar-refractivity contribution in [2.24, 2.45) is 0 Å². The van der Waals surface area contributed by atoms with Crippen molar-refractivity contribution < 1.29 is 13.9 Å². The fourth-order valence-corrected chi connectivity index (χ4v) is 2.84. The molecule has 0 unspecified atom stereocenters. The highest BCUT2D eigenvalue weighted by Crippen LogP contribution is 2.27. The van der Waals surface area contributed by atoms with Gasteiger partial charge in [-0.05, 0) is 42.0 Å². The van der Waals surface area contributed by atoms with Crippen molar-refractivity contribution in [2.45, 2.75) is 6.42 Å². The van der Waals surface area contributed by atoms with Crippen molar-refractivity contribution in [1.29, 1.82) is 0 Å². The fourth-order valence-electron chi connectivity index (χ4n) is 2.08. The van der Waals surface area contributed by atoms with Gasteiger partial charge in [0.1, 0.15) is 16.6 Å². The summed E-state index contributed by atoms with van der Waals surface area (Å²) in [5.74, 6) is 0.211. The summed E-state index contributed by atoms with van der Waals surface area (Å²) in [4.78, 5) is 12.0. The number of rotatable bonds is 5. The second-order valence-corrected chi connectivity index (χ2v) is 5.97. The number of hydrogen-bond acceptors (Lipinski definition) is 5. The lowest BCUT2D eigenvalue weighted by molar-refractivity contribution is -0.115. The minimum atomic E-state index is -0.326. The van der Waals surface area contributed by atoms with E-state index in [0.717, 1.165) is 16.9 Å². The molecule has 0 radical (unpaired) electrons. The van der Waals surface area contributed by atoms with Crippen molar-refractivity contribution in [2.75, 3.05) is 12.4 Å². The van der Waals surface area contributed by atoms with Gasteiger partial charge in [0.25, 0.3) is 0 Å². The second kappa shape index (κ2) is 7.18. The first-order valence-corrected chi connectivity index (χ1v) is 7.98. The van der Waals surface area contributed by atoms with Crippen molar-refractivity contribution in [3.05, 3.63) is 59.9 Å². The van der Waals surface area contributed by atoms with Gasteiger partial charge in [0.2, 0.25) is 11.0 Å². The Kier molecular flexibility index (Phi) is 4.81. The number of ether oxygens (including phenoxy) is 1. The standard InChI is InChI=1S/C17H14FN3O2S/c1-23-14-8-4-12(5-9-14)16-20-21-17(24-16)19-15(22)10-11-2-6-13(18)7-3-11/h2-9H,10H2,1H3,(H,19,21,22). The Balaban J connectivity index is 1.64. The molecule has 1 amide bonds. The summed E-state index contributed by atoms with van der Waals surface area (Å²) >= 11 is 1.29. The van der Waals surface area contributed by atoms with E-state index < -0.39 is 0 Å². The largest absolute Gasteiger partial charge is 0.497 e. The molecule has 0 atom stereocenters. The molecular formula is C17H14FN3O2S. The normalized spacial score (nSPS) is 10.4. The van der Waals surface area contributed by atoms with Crippen LogP contribution in [0.2, 0.25) is 0 Å². The predicted molar refractivity (Wildman–Crippen MR) is 90.6 cm³/mol. The Hall–Kier alpha value is -2.80. The maximum Gasteiger partial charge on any atom is 0.230 e. The van der Waals surface area contributed by atoms with E-state index >= 15 is 0 Å². The average Bonchev–Trinajstić information content (AvgIpc) is 3.05. The van der Waals surface area contributed by atoms with Crippen LogP contribution in [-0.2, 0) is 11.2 Å². The molecule has 3 rings (SSSR count). The SMILES string of the molecule is COc1ccc(-c2nnc(NC(=O)Cc3ccc(F)cc3)s2)cc1. The maximum atomic E-state index is 12.9. The summed E-state index contributed by atoms with van der Waals surface area (Å²) in [6, 6.07) is 13.3. The molecule has 5 nitrogen and oxygen atoms in total. The highest BCUT2D eigenvalue weighted by Gasteiger charge is 2.10. The number of carbonyl (C=O) groups is 1. The molecule has 0 aliphatic rings. The van der Waals surface area contributed by atoms with Crippen LogP contribution in [0.25, 0.3) is 10.6 Å². The smallest absolute Gasteiger partial charge is 0.230 e. The van der Waals surface area contributed by atoms with Gasteiger partial charge in [-0.25, -0.2) is 4.39 Å². The van der Waals surface area contributed by atoms with Gasteiger partial charge in [-0.15, -0.1) is 10.2 Å². The summed E-state index contributed by atoms with van der Waals surface area (Å²) < 4.78 is 18.0. The number of benzene rings is 2. The molecule has 0 bridgehead atoms. The van der Waals surface area contributed by atoms with Crippen LogP contribution in [0.1, 0.15) is 5.56 Å². The van der Waals surface area contributed by atoms with E-state index in [4.69, 9.17) is 4.74 Å². The molecule has 0 spiro atoms. The van der Waals surface area contributed by atoms with Crippen LogP contribution in [0.5, 0.6) is 5.75 Å². The third-order valence-corrected chi connectivity index (χ3v) is 4.17. The van der Waals surface area contributed by atoms with Crippen LogP contribution in [-0.4, -0.2) is 23.2 Å². The predicted octanol–water partition coefficient (Wildman–Crippen LogP) is 3.53. The number of methoxy groups -OCH3 is 1. The van der Waals surface area contributed by atoms with E-state index in [1.165, 1.54) is 23.5 Å². The van der Waals surface area contributed by atoms with Crippen molar-refractivity contribution in [3.8, 4) is 16.3 Å². The number of anilines is 1. The summed E-state index contributed by atoms with van der Waals surface area (Å²) in [7, 11) is 1.61. The van der Waals surface area contributed by atoms with E-state index in [-0.39, 0.29) is 18.1 Å². The molecule has 1 N–H and O–H groups in total. The highest BCUT2D eigenvalue weighted by molar-refractivity contribution is 7.18. The molecule has 7 heteroatoms. The van der Waals surface area contributed by atoms with Crippen molar-refractivity contribution >= 4 is 22.4 Å². The van der Waals surface area contributed by atoms with E-state index in [0.29, 0.717) is 10.1 Å². The first kappa shape index (κ1) is 16.1. The van der Waals surface area contributed by atoms with Gasteiger partial charge in [0, 0.05) is 5.56 Å². The second-order valence-electron chi connectivity index (χ2n) is 4.99. The summed E-state index contributed by atoms with van der Waals surface area (Å²) in [5, 5.41) is 11.9. The minimum Gasteiger partial charge on any atom is -0.497 e. The highest BCUT2D eigenvalue weighted by atomic mass is 32.1. The zero-order chi connectivity index (χ0) is 16.9. The summed E-state index contributed by atoms with van der Waals surface area (Å²) in [6.07, 6.45) is 0.151. The summed E-state index contributed by atoms with van der Waals surface area (Å²) in [6.45, 7) is 0.